The number of carboxylic acid groups (broad SMARTS) is 2. The van der Waals surface area contributed by atoms with Gasteiger partial charge in [-0.3, -0.25) is 24.0 Å². The average molecular weight is 1420 g/mol. The predicted octanol–water partition coefficient (Wildman–Crippen LogP) is 11.7. The van der Waals surface area contributed by atoms with E-state index in [2.05, 4.69) is 101 Å². The van der Waals surface area contributed by atoms with E-state index in [-0.39, 0.29) is 130 Å². The Hall–Kier alpha value is -2.00. The van der Waals surface area contributed by atoms with E-state index in [1.807, 2.05) is 44.2 Å². The second-order valence-electron chi connectivity index (χ2n) is 26.1. The van der Waals surface area contributed by atoms with Gasteiger partial charge in [-0.25, -0.2) is 15.5 Å². The first-order valence-electron chi connectivity index (χ1n) is 27.6. The normalized spacial score (nSPS) is 23.2. The van der Waals surface area contributed by atoms with Crippen LogP contribution in [-0.2, 0) is 40.1 Å². The number of rotatable bonds is 4. The average Bonchev–Trinajstić information content (AvgIpc) is 3.53. The number of carbonyl (C=O) groups excluding carboxylic acids is 5. The quantitative estimate of drug-likeness (QED) is 0.0456. The van der Waals surface area contributed by atoms with Gasteiger partial charge < -0.3 is 57.2 Å². The smallest absolute Gasteiger partial charge is 0.870 e. The number of aliphatic carboxylic acids is 2. The van der Waals surface area contributed by atoms with Crippen LogP contribution in [0.15, 0.2) is 35.5 Å². The molecule has 3 unspecified atom stereocenters. The van der Waals surface area contributed by atoms with Gasteiger partial charge in [0.05, 0.1) is 5.71 Å². The molecule has 0 radical (unpaired) electrons. The van der Waals surface area contributed by atoms with Gasteiger partial charge in [0.25, 0.3) is 5.91 Å². The molecule has 0 bridgehead atoms. The molecular formula is C58H101BaCl5N6O14. The number of piperidine rings is 2. The van der Waals surface area contributed by atoms with Crippen molar-refractivity contribution in [1.29, 1.82) is 0 Å². The summed E-state index contributed by atoms with van der Waals surface area (Å²) in [5.41, 5.74) is 2.48. The molecule has 3 amide bonds. The van der Waals surface area contributed by atoms with E-state index in [9.17, 15) is 33.6 Å². The largest absolute Gasteiger partial charge is 2.00 e. The Balaban J connectivity index is -0.000000286. The molecule has 20 nitrogen and oxygen atoms in total. The van der Waals surface area contributed by atoms with Crippen LogP contribution in [-0.4, -0.2) is 180 Å². The Morgan fingerprint density at radius 2 is 1.12 bits per heavy atom. The standard InChI is InChI=1S/C10H17NO3.C8H13Cl2NO.C8H14ClNO.C8H7ClO2.C8H15NO2.C8H15NO.C8H14O.Ba.ClH.H3NO.2H2O/c1-7(12)11-5-4-10(2,3)6-8(11)9(13)14;1-7(2)3-4-11-6(12)8(9,10)5-7;1-8(2)3-4-10-7(11)6(9)5-8;9-8(10)11-6-7-4-2-1-3-5-7;1-8(2)3-4-9-6(5-8)7(10)11;1-8(2)5-3-7(9-10)4-6-8;1-8(2)5-3-7(9)4-6-8;;;1-2;;/h8H,4-6H2,1-3H3,(H,13,14);3-5H2,1-2H3,(H,11,12);6H,3-5H2,1-2H3,(H,10,11);1-5H,6H2;6,9H,3-5H2,1-2H3,(H,10,11);10H,3-6H2,1-2H3;3-6H2,1-2H3;;1H;2H,1H2;2*1H2/q;;;;;;;+2;;;;/p-2. The second-order valence-corrected chi connectivity index (χ2v) is 28.4. The van der Waals surface area contributed by atoms with Crippen LogP contribution in [0.1, 0.15) is 198 Å². The van der Waals surface area contributed by atoms with Crippen LogP contribution in [0.5, 0.6) is 0 Å². The van der Waals surface area contributed by atoms with Crippen molar-refractivity contribution in [2.45, 2.75) is 221 Å². The maximum Gasteiger partial charge on any atom is 2.00 e. The van der Waals surface area contributed by atoms with Crippen LogP contribution < -0.4 is 21.8 Å². The van der Waals surface area contributed by atoms with Gasteiger partial charge in [0.1, 0.15) is 29.9 Å². The van der Waals surface area contributed by atoms with Crippen LogP contribution in [0.4, 0.5) is 4.79 Å². The Labute approximate surface area is 566 Å². The first kappa shape index (κ1) is 90.7. The molecule has 6 fully saturated rings. The number of amides is 3. The molecule has 2 aliphatic carbocycles. The van der Waals surface area contributed by atoms with Crippen LogP contribution in [0.25, 0.3) is 0 Å². The maximum atomic E-state index is 11.2. The fourth-order valence-electron chi connectivity index (χ4n) is 9.36. The van der Waals surface area contributed by atoms with Crippen molar-refractivity contribution < 1.29 is 69.9 Å². The number of carbonyl (C=O) groups is 7. The minimum absolute atomic E-state index is 0. The molecule has 7 rings (SSSR count). The van der Waals surface area contributed by atoms with Crippen LogP contribution in [0.3, 0.4) is 0 Å². The fraction of sp³-hybridized carbons (Fsp3) is 0.759. The second kappa shape index (κ2) is 42.8. The minimum Gasteiger partial charge on any atom is -0.870 e. The number of halogens is 5. The summed E-state index contributed by atoms with van der Waals surface area (Å²) < 4.78 is 3.30. The molecule has 26 heteroatoms. The Kier molecular flexibility index (Phi) is 46.3. The van der Waals surface area contributed by atoms with Crippen molar-refractivity contribution >= 4 is 154 Å². The molecule has 2 saturated carbocycles. The first-order chi connectivity index (χ1) is 36.7. The number of ketones is 1. The molecule has 3 atom stereocenters. The number of alkyl halides is 3. The third-order valence-electron chi connectivity index (χ3n) is 15.0. The number of nitrogens with one attached hydrogen (secondary N) is 3. The van der Waals surface area contributed by atoms with Crippen molar-refractivity contribution in [2.24, 2.45) is 43.5 Å². The van der Waals surface area contributed by atoms with Crippen molar-refractivity contribution in [3.05, 3.63) is 35.9 Å². The number of nitrogens with two attached hydrogens (primary N) is 1. The van der Waals surface area contributed by atoms with Crippen molar-refractivity contribution in [3.8, 4) is 0 Å². The summed E-state index contributed by atoms with van der Waals surface area (Å²) in [4.78, 5) is 77.4. The van der Waals surface area contributed by atoms with Gasteiger partial charge in [-0.05, 0) is 134 Å². The number of hydrogen-bond donors (Lipinski definition) is 8. The Morgan fingerprint density at radius 1 is 0.667 bits per heavy atom. The number of oxime groups is 1. The molecule has 6 aliphatic rings. The topological polar surface area (TPSA) is 347 Å². The van der Waals surface area contributed by atoms with Gasteiger partial charge in [0, 0.05) is 51.0 Å². The molecule has 1 aromatic carbocycles. The summed E-state index contributed by atoms with van der Waals surface area (Å²) in [5.74, 6) is 1.90. The molecule has 4 saturated heterocycles. The number of likely N-dealkylation sites (tertiary alicyclic amines) is 1. The third kappa shape index (κ3) is 40.5. The molecule has 11 N–H and O–H groups in total. The molecule has 484 valence electrons. The molecule has 0 spiro atoms. The monoisotopic (exact) mass is 1420 g/mol. The first-order valence-corrected chi connectivity index (χ1v) is 29.2. The molecule has 1 aromatic rings. The number of hydrogen-bond acceptors (Lipinski definition) is 15. The van der Waals surface area contributed by atoms with Crippen molar-refractivity contribution in [1.82, 2.24) is 20.9 Å². The SMILES string of the molecule is CC(=O)N1CCC(C)(C)CC1C(=O)O.CC1(C)CCC(=NO)CC1.CC1(C)CCC(=O)CC1.CC1(C)CCNC(=O)C(Cl)(Cl)C1.CC1(C)CCNC(=O)C(Cl)C1.CC1(C)CCNC(C(=O)O)C1.Cl.NO.O=C(Cl)OCc1ccccc1.[Ba+2].[OH-].[OH-]. The molecular weight excluding hydrogens is 1320 g/mol. The van der Waals surface area contributed by atoms with Gasteiger partial charge in [-0.15, -0.1) is 24.0 Å². The van der Waals surface area contributed by atoms with E-state index in [0.29, 0.717) is 42.5 Å². The van der Waals surface area contributed by atoms with Crippen LogP contribution >= 0.6 is 58.8 Å². The molecule has 4 aliphatic heterocycles. The zero-order chi connectivity index (χ0) is 61.9. The van der Waals surface area contributed by atoms with E-state index < -0.39 is 27.7 Å². The van der Waals surface area contributed by atoms with Gasteiger partial charge in [-0.1, -0.05) is 142 Å². The number of Topliss-reactive ketones (excluding diaryl/α,β-unsaturated/α-hetero) is 1. The van der Waals surface area contributed by atoms with E-state index >= 15 is 0 Å². The maximum absolute atomic E-state index is 11.2. The molecule has 4 heterocycles. The summed E-state index contributed by atoms with van der Waals surface area (Å²) in [6, 6.07) is 8.38. The Bertz CT molecular complexity index is 2130. The predicted molar refractivity (Wildman–Crippen MR) is 334 cm³/mol. The van der Waals surface area contributed by atoms with Crippen LogP contribution in [0.2, 0.25) is 0 Å². The van der Waals surface area contributed by atoms with E-state index in [0.717, 1.165) is 114 Å². The fourth-order valence-corrected chi connectivity index (χ4v) is 10.8. The Morgan fingerprint density at radius 3 is 1.55 bits per heavy atom. The number of nitrogens with zero attached hydrogens (tertiary/aromatic N) is 2. The van der Waals surface area contributed by atoms with Gasteiger partial charge >= 0.3 is 66.2 Å². The zero-order valence-electron chi connectivity index (χ0n) is 52.0. The minimum atomic E-state index is -1.25. The molecule has 84 heavy (non-hydrogen) atoms. The third-order valence-corrected chi connectivity index (χ3v) is 16.1. The van der Waals surface area contributed by atoms with E-state index in [1.165, 1.54) is 11.8 Å². The summed E-state index contributed by atoms with van der Waals surface area (Å²) in [6.45, 7) is 30.2. The summed E-state index contributed by atoms with van der Waals surface area (Å²) in [7, 11) is 0. The molecule has 0 aromatic heterocycles. The van der Waals surface area contributed by atoms with E-state index in [4.69, 9.17) is 67.0 Å². The van der Waals surface area contributed by atoms with Crippen molar-refractivity contribution in [3.63, 3.8) is 0 Å². The van der Waals surface area contributed by atoms with E-state index in [1.54, 1.807) is 0 Å². The van der Waals surface area contributed by atoms with Gasteiger partial charge in [-0.2, -0.15) is 0 Å². The summed E-state index contributed by atoms with van der Waals surface area (Å²) in [5, 5.41) is 44.0. The number of benzene rings is 1. The number of carboxylic acids is 2. The summed E-state index contributed by atoms with van der Waals surface area (Å²) >= 11 is 22.5. The van der Waals surface area contributed by atoms with Crippen LogP contribution in [0, 0.1) is 32.5 Å². The zero-order valence-corrected chi connectivity index (χ0v) is 60.3. The van der Waals surface area contributed by atoms with Crippen molar-refractivity contribution in [2.75, 3.05) is 26.2 Å². The number of ether oxygens (including phenoxy) is 1. The van der Waals surface area contributed by atoms with Gasteiger partial charge in [0.15, 0.2) is 4.33 Å². The van der Waals surface area contributed by atoms with Gasteiger partial charge in [0.2, 0.25) is 11.8 Å². The summed E-state index contributed by atoms with van der Waals surface area (Å²) in [6.07, 6.45) is 14.5.